The number of carbonyl (C=O) groups excluding carboxylic acids is 2. The zero-order valence-corrected chi connectivity index (χ0v) is 16.7. The van der Waals surface area contributed by atoms with Gasteiger partial charge in [-0.25, -0.2) is 17.5 Å². The predicted molar refractivity (Wildman–Crippen MR) is 107 cm³/mol. The summed E-state index contributed by atoms with van der Waals surface area (Å²) in [4.78, 5) is 23.8. The monoisotopic (exact) mass is 402 g/mol. The van der Waals surface area contributed by atoms with Gasteiger partial charge in [-0.2, -0.15) is 0 Å². The lowest BCUT2D eigenvalue weighted by Crippen LogP contribution is -2.23. The molecule has 2 aromatic carbocycles. The van der Waals surface area contributed by atoms with E-state index in [-0.39, 0.29) is 4.90 Å². The molecule has 1 amide bonds. The highest BCUT2D eigenvalue weighted by atomic mass is 32.2. The zero-order valence-electron chi connectivity index (χ0n) is 15.9. The van der Waals surface area contributed by atoms with Crippen LogP contribution in [0.25, 0.3) is 6.08 Å². The second-order valence-corrected chi connectivity index (χ2v) is 8.32. The maximum Gasteiger partial charge on any atom is 0.331 e. The maximum atomic E-state index is 12.2. The summed E-state index contributed by atoms with van der Waals surface area (Å²) in [5.74, 6) is -1.22. The molecule has 2 aromatic rings. The molecule has 0 heterocycles. The molecule has 2 rings (SSSR count). The maximum absolute atomic E-state index is 12.2. The summed E-state index contributed by atoms with van der Waals surface area (Å²) >= 11 is 0. The van der Waals surface area contributed by atoms with Crippen LogP contribution < -0.4 is 5.32 Å². The molecule has 8 heteroatoms. The molecular weight excluding hydrogens is 380 g/mol. The Kier molecular flexibility index (Phi) is 7.08. The predicted octanol–water partition coefficient (Wildman–Crippen LogP) is 2.44. The zero-order chi connectivity index (χ0) is 20.7. The van der Waals surface area contributed by atoms with Crippen molar-refractivity contribution in [3.05, 3.63) is 65.7 Å². The van der Waals surface area contributed by atoms with Gasteiger partial charge in [-0.15, -0.1) is 0 Å². The lowest BCUT2D eigenvalue weighted by Gasteiger charge is -2.14. The van der Waals surface area contributed by atoms with Crippen LogP contribution >= 0.6 is 0 Å². The van der Waals surface area contributed by atoms with Crippen LogP contribution in [-0.2, 0) is 24.3 Å². The molecule has 7 nitrogen and oxygen atoms in total. The van der Waals surface area contributed by atoms with Crippen LogP contribution in [0.3, 0.4) is 0 Å². The van der Waals surface area contributed by atoms with Crippen molar-refractivity contribution in [2.45, 2.75) is 11.8 Å². The second kappa shape index (κ2) is 9.29. The van der Waals surface area contributed by atoms with Crippen LogP contribution in [0, 0.1) is 6.92 Å². The molecule has 0 unspecified atom stereocenters. The van der Waals surface area contributed by atoms with Gasteiger partial charge in [0.1, 0.15) is 0 Å². The number of anilines is 1. The number of hydrogen-bond acceptors (Lipinski definition) is 5. The first kappa shape index (κ1) is 21.3. The molecule has 0 atom stereocenters. The molecule has 148 valence electrons. The fourth-order valence-electron chi connectivity index (χ4n) is 2.21. The van der Waals surface area contributed by atoms with Crippen LogP contribution in [0.5, 0.6) is 0 Å². The summed E-state index contributed by atoms with van der Waals surface area (Å²) in [5.41, 5.74) is 1.85. The number of nitrogens with one attached hydrogen (secondary N) is 1. The smallest absolute Gasteiger partial charge is 0.331 e. The minimum absolute atomic E-state index is 0.0567. The third-order valence-corrected chi connectivity index (χ3v) is 5.63. The molecule has 0 bridgehead atoms. The Morgan fingerprint density at radius 1 is 1.11 bits per heavy atom. The Labute approximate surface area is 164 Å². The molecule has 28 heavy (non-hydrogen) atoms. The molecule has 0 aliphatic carbocycles. The van der Waals surface area contributed by atoms with Crippen LogP contribution in [-0.4, -0.2) is 45.3 Å². The Balaban J connectivity index is 1.97. The van der Waals surface area contributed by atoms with E-state index in [4.69, 9.17) is 4.74 Å². The lowest BCUT2D eigenvalue weighted by molar-refractivity contribution is -0.142. The quantitative estimate of drug-likeness (QED) is 0.567. The van der Waals surface area contributed by atoms with Gasteiger partial charge in [0.15, 0.2) is 6.61 Å². The minimum atomic E-state index is -3.62. The molecule has 0 aliphatic rings. The fourth-order valence-corrected chi connectivity index (χ4v) is 3.13. The van der Waals surface area contributed by atoms with Crippen molar-refractivity contribution < 1.29 is 22.7 Å². The van der Waals surface area contributed by atoms with Crippen LogP contribution in [0.15, 0.2) is 59.5 Å². The number of benzene rings is 2. The number of hydrogen-bond donors (Lipinski definition) is 1. The number of nitrogens with zero attached hydrogens (tertiary/aromatic N) is 1. The van der Waals surface area contributed by atoms with E-state index >= 15 is 0 Å². The highest BCUT2D eigenvalue weighted by Crippen LogP contribution is 2.22. The van der Waals surface area contributed by atoms with Crippen LogP contribution in [0.1, 0.15) is 11.1 Å². The minimum Gasteiger partial charge on any atom is -0.452 e. The van der Waals surface area contributed by atoms with Crippen LogP contribution in [0.4, 0.5) is 5.69 Å². The van der Waals surface area contributed by atoms with Crippen molar-refractivity contribution in [3.8, 4) is 0 Å². The van der Waals surface area contributed by atoms with Crippen molar-refractivity contribution in [1.82, 2.24) is 4.31 Å². The van der Waals surface area contributed by atoms with Crippen molar-refractivity contribution in [1.29, 1.82) is 0 Å². The molecule has 0 spiro atoms. The van der Waals surface area contributed by atoms with Gasteiger partial charge in [0.25, 0.3) is 5.91 Å². The van der Waals surface area contributed by atoms with Gasteiger partial charge in [-0.3, -0.25) is 4.79 Å². The topological polar surface area (TPSA) is 92.8 Å². The molecule has 1 N–H and O–H groups in total. The number of ether oxygens (including phenoxy) is 1. The van der Waals surface area contributed by atoms with Crippen molar-refractivity contribution >= 4 is 33.7 Å². The average molecular weight is 402 g/mol. The molecule has 0 aliphatic heterocycles. The van der Waals surface area contributed by atoms with Gasteiger partial charge in [-0.05, 0) is 36.3 Å². The number of esters is 1. The third kappa shape index (κ3) is 5.77. The third-order valence-electron chi connectivity index (χ3n) is 3.82. The highest BCUT2D eigenvalue weighted by Gasteiger charge is 2.18. The Morgan fingerprint density at radius 2 is 1.79 bits per heavy atom. The number of amides is 1. The van der Waals surface area contributed by atoms with E-state index in [1.807, 2.05) is 30.3 Å². The Morgan fingerprint density at radius 3 is 2.43 bits per heavy atom. The molecule has 0 radical (unpaired) electrons. The average Bonchev–Trinajstić information content (AvgIpc) is 2.67. The van der Waals surface area contributed by atoms with E-state index < -0.39 is 28.5 Å². The van der Waals surface area contributed by atoms with E-state index in [1.165, 1.54) is 32.3 Å². The largest absolute Gasteiger partial charge is 0.452 e. The molecule has 0 saturated carbocycles. The fraction of sp³-hybridized carbons (Fsp3) is 0.200. The summed E-state index contributed by atoms with van der Waals surface area (Å²) in [7, 11) is -0.771. The molecular formula is C20H22N2O5S. The standard InChI is InChI=1S/C20H22N2O5S/c1-15-9-11-17(28(25,26)22(2)3)13-18(15)21-19(23)14-27-20(24)12-10-16-7-5-4-6-8-16/h4-13H,14H2,1-3H3,(H,21,23)/b12-10+. The van der Waals surface area contributed by atoms with Gasteiger partial charge in [0.05, 0.1) is 4.90 Å². The molecule has 0 fully saturated rings. The lowest BCUT2D eigenvalue weighted by atomic mass is 10.2. The van der Waals surface area contributed by atoms with E-state index in [1.54, 1.807) is 19.1 Å². The first-order valence-corrected chi connectivity index (χ1v) is 9.87. The Hall–Kier alpha value is -2.97. The summed E-state index contributed by atoms with van der Waals surface area (Å²) < 4.78 is 30.4. The van der Waals surface area contributed by atoms with Gasteiger partial charge in [0, 0.05) is 25.9 Å². The molecule has 0 saturated heterocycles. The first-order chi connectivity index (χ1) is 13.2. The first-order valence-electron chi connectivity index (χ1n) is 8.43. The summed E-state index contributed by atoms with van der Waals surface area (Å²) in [5, 5.41) is 2.57. The summed E-state index contributed by atoms with van der Waals surface area (Å²) in [6.07, 6.45) is 2.82. The second-order valence-electron chi connectivity index (χ2n) is 6.16. The SMILES string of the molecule is Cc1ccc(S(=O)(=O)N(C)C)cc1NC(=O)COC(=O)/C=C/c1ccccc1. The Bertz CT molecular complexity index is 983. The van der Waals surface area contributed by atoms with Gasteiger partial charge >= 0.3 is 5.97 Å². The summed E-state index contributed by atoms with van der Waals surface area (Å²) in [6.45, 7) is 1.25. The van der Waals surface area contributed by atoms with Gasteiger partial charge in [0.2, 0.25) is 10.0 Å². The number of aryl methyl sites for hydroxylation is 1. The van der Waals surface area contributed by atoms with E-state index in [9.17, 15) is 18.0 Å². The number of sulfonamides is 1. The number of carbonyl (C=O) groups is 2. The molecule has 0 aromatic heterocycles. The highest BCUT2D eigenvalue weighted by molar-refractivity contribution is 7.89. The van der Waals surface area contributed by atoms with E-state index in [0.717, 1.165) is 9.87 Å². The van der Waals surface area contributed by atoms with Crippen LogP contribution in [0.2, 0.25) is 0 Å². The van der Waals surface area contributed by atoms with Gasteiger partial charge in [-0.1, -0.05) is 36.4 Å². The normalized spacial score (nSPS) is 11.6. The van der Waals surface area contributed by atoms with E-state index in [0.29, 0.717) is 11.3 Å². The van der Waals surface area contributed by atoms with Crippen molar-refractivity contribution in [2.75, 3.05) is 26.0 Å². The van der Waals surface area contributed by atoms with E-state index in [2.05, 4.69) is 5.32 Å². The van der Waals surface area contributed by atoms with Crippen molar-refractivity contribution in [3.63, 3.8) is 0 Å². The number of rotatable bonds is 7. The summed E-state index contributed by atoms with van der Waals surface area (Å²) in [6, 6.07) is 13.6. The van der Waals surface area contributed by atoms with Gasteiger partial charge < -0.3 is 10.1 Å². The van der Waals surface area contributed by atoms with Crippen molar-refractivity contribution in [2.24, 2.45) is 0 Å².